The van der Waals surface area contributed by atoms with Crippen LogP contribution in [0.5, 0.6) is 0 Å². The van der Waals surface area contributed by atoms with Gasteiger partial charge in [0.1, 0.15) is 11.5 Å². The molecule has 4 heteroatoms. The van der Waals surface area contributed by atoms with Crippen LogP contribution in [0.4, 0.5) is 11.5 Å². The second kappa shape index (κ2) is 5.81. The number of aryl methyl sites for hydroxylation is 1. The molecule has 4 nitrogen and oxygen atoms in total. The number of hydrogen-bond acceptors (Lipinski definition) is 3. The van der Waals surface area contributed by atoms with Crippen molar-refractivity contribution in [3.8, 4) is 11.3 Å². The van der Waals surface area contributed by atoms with Gasteiger partial charge in [-0.05, 0) is 37.1 Å². The zero-order valence-corrected chi connectivity index (χ0v) is 13.7. The summed E-state index contributed by atoms with van der Waals surface area (Å²) in [4.78, 5) is 9.10. The highest BCUT2D eigenvalue weighted by molar-refractivity contribution is 5.79. The van der Waals surface area contributed by atoms with Gasteiger partial charge >= 0.3 is 0 Å². The van der Waals surface area contributed by atoms with Gasteiger partial charge < -0.3 is 5.32 Å². The van der Waals surface area contributed by atoms with E-state index in [9.17, 15) is 0 Å². The monoisotopic (exact) mass is 314 g/mol. The fourth-order valence-electron chi connectivity index (χ4n) is 2.82. The molecule has 0 saturated carbocycles. The second-order valence-electron chi connectivity index (χ2n) is 5.84. The van der Waals surface area contributed by atoms with Gasteiger partial charge in [-0.2, -0.15) is 0 Å². The van der Waals surface area contributed by atoms with E-state index >= 15 is 0 Å². The van der Waals surface area contributed by atoms with Crippen LogP contribution in [0.1, 0.15) is 11.1 Å². The molecule has 0 aliphatic rings. The first-order valence-electron chi connectivity index (χ1n) is 7.96. The average Bonchev–Trinajstić information content (AvgIpc) is 2.98. The first kappa shape index (κ1) is 14.5. The highest BCUT2D eigenvalue weighted by Crippen LogP contribution is 2.31. The fourth-order valence-corrected chi connectivity index (χ4v) is 2.82. The molecule has 2 aromatic carbocycles. The van der Waals surface area contributed by atoms with E-state index in [1.165, 1.54) is 11.1 Å². The van der Waals surface area contributed by atoms with Gasteiger partial charge in [-0.3, -0.25) is 4.40 Å². The van der Waals surface area contributed by atoms with E-state index in [2.05, 4.69) is 54.5 Å². The quantitative estimate of drug-likeness (QED) is 0.593. The number of anilines is 2. The van der Waals surface area contributed by atoms with Crippen LogP contribution >= 0.6 is 0 Å². The van der Waals surface area contributed by atoms with Crippen LogP contribution in [0.2, 0.25) is 0 Å². The number of nitrogens with zero attached hydrogens (tertiary/aromatic N) is 3. The number of aromatic nitrogens is 3. The normalized spacial score (nSPS) is 10.9. The van der Waals surface area contributed by atoms with Crippen LogP contribution in [0.3, 0.4) is 0 Å². The molecule has 4 rings (SSSR count). The Morgan fingerprint density at radius 3 is 2.58 bits per heavy atom. The van der Waals surface area contributed by atoms with Crippen molar-refractivity contribution >= 4 is 17.3 Å². The number of hydrogen-bond donors (Lipinski definition) is 1. The van der Waals surface area contributed by atoms with Crippen molar-refractivity contribution in [1.29, 1.82) is 0 Å². The maximum absolute atomic E-state index is 4.72. The standard InChI is InChI=1S/C20H18N4/c1-14-8-6-11-17(15(14)2)22-19-18(16-9-4-3-5-10-16)23-20-21-12-7-13-24(19)20/h3-13,22H,1-2H3. The van der Waals surface area contributed by atoms with E-state index in [0.717, 1.165) is 22.8 Å². The predicted molar refractivity (Wildman–Crippen MR) is 97.6 cm³/mol. The molecular formula is C20H18N4. The lowest BCUT2D eigenvalue weighted by molar-refractivity contribution is 1.11. The Morgan fingerprint density at radius 1 is 0.917 bits per heavy atom. The minimum Gasteiger partial charge on any atom is -0.339 e. The van der Waals surface area contributed by atoms with Crippen molar-refractivity contribution in [3.63, 3.8) is 0 Å². The van der Waals surface area contributed by atoms with Crippen LogP contribution in [-0.2, 0) is 0 Å². The Balaban J connectivity index is 1.91. The molecule has 0 unspecified atom stereocenters. The number of nitrogens with one attached hydrogen (secondary N) is 1. The van der Waals surface area contributed by atoms with Crippen LogP contribution < -0.4 is 5.32 Å². The third-order valence-corrected chi connectivity index (χ3v) is 4.31. The van der Waals surface area contributed by atoms with Gasteiger partial charge in [0.15, 0.2) is 0 Å². The summed E-state index contributed by atoms with van der Waals surface area (Å²) < 4.78 is 1.99. The molecule has 0 aliphatic heterocycles. The Hall–Kier alpha value is -3.14. The van der Waals surface area contributed by atoms with E-state index in [1.54, 1.807) is 6.20 Å². The van der Waals surface area contributed by atoms with Crippen LogP contribution in [0, 0.1) is 13.8 Å². The largest absolute Gasteiger partial charge is 0.339 e. The summed E-state index contributed by atoms with van der Waals surface area (Å²) in [6.45, 7) is 4.25. The maximum Gasteiger partial charge on any atom is 0.235 e. The van der Waals surface area contributed by atoms with Gasteiger partial charge in [-0.15, -0.1) is 0 Å². The lowest BCUT2D eigenvalue weighted by Crippen LogP contribution is -1.99. The van der Waals surface area contributed by atoms with Gasteiger partial charge in [0.2, 0.25) is 5.78 Å². The summed E-state index contributed by atoms with van der Waals surface area (Å²) in [5.41, 5.74) is 5.53. The average molecular weight is 314 g/mol. The molecule has 4 aromatic rings. The summed E-state index contributed by atoms with van der Waals surface area (Å²) in [5.74, 6) is 1.61. The zero-order valence-electron chi connectivity index (χ0n) is 13.7. The summed E-state index contributed by atoms with van der Waals surface area (Å²) >= 11 is 0. The fraction of sp³-hybridized carbons (Fsp3) is 0.100. The molecule has 2 aromatic heterocycles. The molecule has 2 heterocycles. The van der Waals surface area contributed by atoms with Crippen LogP contribution in [0.15, 0.2) is 67.0 Å². The van der Waals surface area contributed by atoms with E-state index < -0.39 is 0 Å². The molecule has 0 aliphatic carbocycles. The van der Waals surface area contributed by atoms with Crippen molar-refractivity contribution in [2.45, 2.75) is 13.8 Å². The van der Waals surface area contributed by atoms with Gasteiger partial charge in [0.25, 0.3) is 0 Å². The van der Waals surface area contributed by atoms with E-state index in [4.69, 9.17) is 4.98 Å². The number of benzene rings is 2. The summed E-state index contributed by atoms with van der Waals surface area (Å²) in [7, 11) is 0. The summed E-state index contributed by atoms with van der Waals surface area (Å²) in [6, 6.07) is 18.4. The minimum absolute atomic E-state index is 0.684. The number of rotatable bonds is 3. The molecule has 1 N–H and O–H groups in total. The predicted octanol–water partition coefficient (Wildman–Crippen LogP) is 4.76. The molecule has 0 atom stereocenters. The van der Waals surface area contributed by atoms with E-state index in [1.807, 2.05) is 34.9 Å². The highest BCUT2D eigenvalue weighted by Gasteiger charge is 2.15. The zero-order chi connectivity index (χ0) is 16.5. The van der Waals surface area contributed by atoms with Crippen molar-refractivity contribution in [2.75, 3.05) is 5.32 Å². The third kappa shape index (κ3) is 2.42. The Bertz CT molecular complexity index is 1000. The molecular weight excluding hydrogens is 296 g/mol. The van der Waals surface area contributed by atoms with E-state index in [0.29, 0.717) is 5.78 Å². The second-order valence-corrected chi connectivity index (χ2v) is 5.84. The molecule has 0 bridgehead atoms. The molecule has 24 heavy (non-hydrogen) atoms. The van der Waals surface area contributed by atoms with Gasteiger partial charge in [0.05, 0.1) is 0 Å². The topological polar surface area (TPSA) is 42.2 Å². The van der Waals surface area contributed by atoms with Crippen molar-refractivity contribution in [1.82, 2.24) is 14.4 Å². The Labute approximate surface area is 140 Å². The highest BCUT2D eigenvalue weighted by atomic mass is 15.2. The van der Waals surface area contributed by atoms with Crippen molar-refractivity contribution < 1.29 is 0 Å². The number of imidazole rings is 1. The smallest absolute Gasteiger partial charge is 0.235 e. The molecule has 0 amide bonds. The van der Waals surface area contributed by atoms with E-state index in [-0.39, 0.29) is 0 Å². The van der Waals surface area contributed by atoms with Gasteiger partial charge in [-0.1, -0.05) is 42.5 Å². The molecule has 0 spiro atoms. The Morgan fingerprint density at radius 2 is 1.75 bits per heavy atom. The van der Waals surface area contributed by atoms with Crippen molar-refractivity contribution in [3.05, 3.63) is 78.1 Å². The lowest BCUT2D eigenvalue weighted by Gasteiger charge is -2.12. The van der Waals surface area contributed by atoms with Gasteiger partial charge in [-0.25, -0.2) is 9.97 Å². The SMILES string of the molecule is Cc1cccc(Nc2c(-c3ccccc3)nc3ncccn23)c1C. The van der Waals surface area contributed by atoms with Crippen molar-refractivity contribution in [2.24, 2.45) is 0 Å². The first-order valence-corrected chi connectivity index (χ1v) is 7.96. The minimum atomic E-state index is 0.684. The first-order chi connectivity index (χ1) is 11.7. The molecule has 118 valence electrons. The summed E-state index contributed by atoms with van der Waals surface area (Å²) in [5, 5.41) is 3.56. The van der Waals surface area contributed by atoms with Gasteiger partial charge in [0, 0.05) is 23.6 Å². The summed E-state index contributed by atoms with van der Waals surface area (Å²) in [6.07, 6.45) is 3.74. The Kier molecular flexibility index (Phi) is 3.50. The number of fused-ring (bicyclic) bond motifs is 1. The molecule has 0 fully saturated rings. The van der Waals surface area contributed by atoms with Crippen LogP contribution in [-0.4, -0.2) is 14.4 Å². The third-order valence-electron chi connectivity index (χ3n) is 4.31. The maximum atomic E-state index is 4.72. The lowest BCUT2D eigenvalue weighted by atomic mass is 10.1. The van der Waals surface area contributed by atoms with Crippen LogP contribution in [0.25, 0.3) is 17.0 Å². The molecule has 0 radical (unpaired) electrons. The molecule has 0 saturated heterocycles.